The second-order valence-corrected chi connectivity index (χ2v) is 8.61. The zero-order valence-corrected chi connectivity index (χ0v) is 19.7. The zero-order chi connectivity index (χ0) is 22.2. The van der Waals surface area contributed by atoms with Crippen molar-refractivity contribution in [1.82, 2.24) is 14.8 Å². The van der Waals surface area contributed by atoms with Crippen LogP contribution in [0.1, 0.15) is 24.7 Å². The summed E-state index contributed by atoms with van der Waals surface area (Å²) in [5.74, 6) is 1.80. The third-order valence-corrected chi connectivity index (χ3v) is 6.06. The summed E-state index contributed by atoms with van der Waals surface area (Å²) in [6.45, 7) is 5.31. The van der Waals surface area contributed by atoms with Crippen LogP contribution in [0, 0.1) is 6.92 Å². The van der Waals surface area contributed by atoms with Crippen molar-refractivity contribution in [2.45, 2.75) is 38.4 Å². The molecule has 0 bridgehead atoms. The molecule has 0 fully saturated rings. The molecule has 0 radical (unpaired) electrons. The van der Waals surface area contributed by atoms with Gasteiger partial charge in [0.1, 0.15) is 11.6 Å². The van der Waals surface area contributed by atoms with Gasteiger partial charge in [0, 0.05) is 18.0 Å². The van der Waals surface area contributed by atoms with Crippen molar-refractivity contribution < 1.29 is 9.53 Å². The number of ether oxygens (including phenoxy) is 1. The Kier molecular flexibility index (Phi) is 8.63. The Morgan fingerprint density at radius 3 is 2.74 bits per heavy atom. The maximum absolute atomic E-state index is 12.3. The number of amides is 1. The molecule has 1 heterocycles. The average Bonchev–Trinajstić information content (AvgIpc) is 3.14. The standard InChI is InChI=1S/C22H24Cl2N4O2S/c1-3-28-20(9-6-12-30-19-11-10-16(23)13-15(19)2)26-27-22(28)31-14-21(29)25-18-8-5-4-7-17(18)24/h4-5,7-8,10-11,13H,3,6,9,12,14H2,1-2H3,(H,25,29). The van der Waals surface area contributed by atoms with Gasteiger partial charge in [0.2, 0.25) is 5.91 Å². The van der Waals surface area contributed by atoms with Crippen molar-refractivity contribution in [2.75, 3.05) is 17.7 Å². The van der Waals surface area contributed by atoms with Gasteiger partial charge < -0.3 is 14.6 Å². The molecule has 0 saturated carbocycles. The molecule has 0 aliphatic heterocycles. The summed E-state index contributed by atoms with van der Waals surface area (Å²) in [4.78, 5) is 12.3. The zero-order valence-electron chi connectivity index (χ0n) is 17.4. The Morgan fingerprint density at radius 2 is 2.00 bits per heavy atom. The van der Waals surface area contributed by atoms with Crippen molar-refractivity contribution in [3.63, 3.8) is 0 Å². The summed E-state index contributed by atoms with van der Waals surface area (Å²) in [7, 11) is 0. The number of aryl methyl sites for hydroxylation is 2. The number of aromatic nitrogens is 3. The number of nitrogens with zero attached hydrogens (tertiary/aromatic N) is 3. The highest BCUT2D eigenvalue weighted by molar-refractivity contribution is 7.99. The van der Waals surface area contributed by atoms with Gasteiger partial charge >= 0.3 is 0 Å². The molecule has 9 heteroatoms. The van der Waals surface area contributed by atoms with Gasteiger partial charge in [-0.15, -0.1) is 10.2 Å². The van der Waals surface area contributed by atoms with Crippen LogP contribution < -0.4 is 10.1 Å². The maximum Gasteiger partial charge on any atom is 0.234 e. The summed E-state index contributed by atoms with van der Waals surface area (Å²) in [6, 6.07) is 12.7. The fourth-order valence-corrected chi connectivity index (χ4v) is 4.23. The molecule has 0 unspecified atom stereocenters. The molecule has 0 atom stereocenters. The summed E-state index contributed by atoms with van der Waals surface area (Å²) < 4.78 is 7.88. The Bertz CT molecular complexity index is 1040. The largest absolute Gasteiger partial charge is 0.493 e. The van der Waals surface area contributed by atoms with Crippen LogP contribution >= 0.6 is 35.0 Å². The second kappa shape index (κ2) is 11.4. The number of nitrogens with one attached hydrogen (secondary N) is 1. The number of carbonyl (C=O) groups excluding carboxylic acids is 1. The van der Waals surface area contributed by atoms with E-state index in [0.717, 1.165) is 41.7 Å². The lowest BCUT2D eigenvalue weighted by molar-refractivity contribution is -0.113. The highest BCUT2D eigenvalue weighted by Gasteiger charge is 2.14. The fraction of sp³-hybridized carbons (Fsp3) is 0.318. The van der Waals surface area contributed by atoms with E-state index in [2.05, 4.69) is 15.5 Å². The number of thioether (sulfide) groups is 1. The Balaban J connectivity index is 1.49. The van der Waals surface area contributed by atoms with Gasteiger partial charge in [-0.05, 0) is 56.2 Å². The molecule has 3 rings (SSSR count). The summed E-state index contributed by atoms with van der Waals surface area (Å²) in [6.07, 6.45) is 1.54. The molecule has 0 spiro atoms. The Labute approximate surface area is 196 Å². The van der Waals surface area contributed by atoms with E-state index in [9.17, 15) is 4.79 Å². The van der Waals surface area contributed by atoms with E-state index in [4.69, 9.17) is 27.9 Å². The molecule has 2 aromatic carbocycles. The molecule has 0 aliphatic rings. The van der Waals surface area contributed by atoms with Crippen LogP contribution in [0.4, 0.5) is 5.69 Å². The summed E-state index contributed by atoms with van der Waals surface area (Å²) >= 11 is 13.4. The minimum Gasteiger partial charge on any atom is -0.493 e. The number of carbonyl (C=O) groups is 1. The first-order chi connectivity index (χ1) is 15.0. The first kappa shape index (κ1) is 23.4. The van der Waals surface area contributed by atoms with Crippen LogP contribution in [-0.4, -0.2) is 33.0 Å². The Hall–Kier alpha value is -2.22. The van der Waals surface area contributed by atoms with E-state index in [0.29, 0.717) is 22.3 Å². The Morgan fingerprint density at radius 1 is 1.19 bits per heavy atom. The van der Waals surface area contributed by atoms with Crippen molar-refractivity contribution >= 4 is 46.6 Å². The highest BCUT2D eigenvalue weighted by Crippen LogP contribution is 2.23. The predicted octanol–water partition coefficient (Wildman–Crippen LogP) is 5.66. The van der Waals surface area contributed by atoms with Crippen molar-refractivity contribution in [1.29, 1.82) is 0 Å². The molecule has 164 valence electrons. The number of benzene rings is 2. The molecule has 1 amide bonds. The van der Waals surface area contributed by atoms with E-state index in [-0.39, 0.29) is 11.7 Å². The fourth-order valence-electron chi connectivity index (χ4n) is 2.99. The molecular weight excluding hydrogens is 455 g/mol. The molecule has 6 nitrogen and oxygen atoms in total. The summed E-state index contributed by atoms with van der Waals surface area (Å²) in [5, 5.41) is 13.3. The van der Waals surface area contributed by atoms with Gasteiger partial charge in [0.25, 0.3) is 0 Å². The van der Waals surface area contributed by atoms with Gasteiger partial charge in [0.05, 0.1) is 23.1 Å². The van der Waals surface area contributed by atoms with Crippen LogP contribution in [0.25, 0.3) is 0 Å². The molecule has 0 saturated heterocycles. The number of hydrogen-bond donors (Lipinski definition) is 1. The van der Waals surface area contributed by atoms with Crippen LogP contribution in [0.3, 0.4) is 0 Å². The van der Waals surface area contributed by atoms with Crippen molar-refractivity contribution in [3.8, 4) is 5.75 Å². The van der Waals surface area contributed by atoms with Crippen molar-refractivity contribution in [2.24, 2.45) is 0 Å². The third kappa shape index (κ3) is 6.63. The molecule has 1 N–H and O–H groups in total. The summed E-state index contributed by atoms with van der Waals surface area (Å²) in [5.41, 5.74) is 1.61. The van der Waals surface area contributed by atoms with Gasteiger partial charge in [-0.25, -0.2) is 0 Å². The minimum absolute atomic E-state index is 0.142. The number of halogens is 2. The number of rotatable bonds is 10. The number of anilines is 1. The van der Waals surface area contributed by atoms with E-state index in [1.165, 1.54) is 11.8 Å². The first-order valence-corrected chi connectivity index (χ1v) is 11.7. The van der Waals surface area contributed by atoms with E-state index in [1.807, 2.05) is 48.7 Å². The monoisotopic (exact) mass is 478 g/mol. The van der Waals surface area contributed by atoms with Crippen LogP contribution in [0.2, 0.25) is 10.0 Å². The van der Waals surface area contributed by atoms with E-state index in [1.54, 1.807) is 12.1 Å². The average molecular weight is 479 g/mol. The number of para-hydroxylation sites is 1. The third-order valence-electron chi connectivity index (χ3n) is 4.53. The lowest BCUT2D eigenvalue weighted by Crippen LogP contribution is -2.15. The topological polar surface area (TPSA) is 69.0 Å². The minimum atomic E-state index is -0.142. The molecule has 31 heavy (non-hydrogen) atoms. The highest BCUT2D eigenvalue weighted by atomic mass is 35.5. The lowest BCUT2D eigenvalue weighted by Gasteiger charge is -2.10. The van der Waals surface area contributed by atoms with E-state index < -0.39 is 0 Å². The maximum atomic E-state index is 12.3. The molecule has 1 aromatic heterocycles. The van der Waals surface area contributed by atoms with Gasteiger partial charge in [-0.1, -0.05) is 47.1 Å². The predicted molar refractivity (Wildman–Crippen MR) is 127 cm³/mol. The quantitative estimate of drug-likeness (QED) is 0.300. The van der Waals surface area contributed by atoms with Gasteiger partial charge in [-0.2, -0.15) is 0 Å². The first-order valence-electron chi connectivity index (χ1n) is 9.96. The van der Waals surface area contributed by atoms with Crippen LogP contribution in [0.15, 0.2) is 47.6 Å². The smallest absolute Gasteiger partial charge is 0.234 e. The normalized spacial score (nSPS) is 10.8. The molecule has 0 aliphatic carbocycles. The second-order valence-electron chi connectivity index (χ2n) is 6.82. The van der Waals surface area contributed by atoms with Gasteiger partial charge in [0.15, 0.2) is 5.16 Å². The van der Waals surface area contributed by atoms with E-state index >= 15 is 0 Å². The van der Waals surface area contributed by atoms with Crippen LogP contribution in [-0.2, 0) is 17.8 Å². The molecular formula is C22H24Cl2N4O2S. The SMILES string of the molecule is CCn1c(CCCOc2ccc(Cl)cc2C)nnc1SCC(=O)Nc1ccccc1Cl. The van der Waals surface area contributed by atoms with Crippen molar-refractivity contribution in [3.05, 3.63) is 63.9 Å². The molecule has 3 aromatic rings. The number of hydrogen-bond acceptors (Lipinski definition) is 5. The van der Waals surface area contributed by atoms with Gasteiger partial charge in [-0.3, -0.25) is 4.79 Å². The lowest BCUT2D eigenvalue weighted by atomic mass is 10.2. The van der Waals surface area contributed by atoms with Crippen LogP contribution in [0.5, 0.6) is 5.75 Å².